The van der Waals surface area contributed by atoms with E-state index in [9.17, 15) is 20.1 Å². The lowest BCUT2D eigenvalue weighted by Crippen LogP contribution is -2.65. The lowest BCUT2D eigenvalue weighted by atomic mass is 9.97. The molecule has 2 aromatic rings. The third-order valence-corrected chi connectivity index (χ3v) is 4.24. The highest BCUT2D eigenvalue weighted by atomic mass is 16.7. The summed E-state index contributed by atoms with van der Waals surface area (Å²) in [6, 6.07) is 12.1. The number of aliphatic hydroxyl groups excluding tert-OH is 3. The molecular formula is C18H21NO6. The zero-order chi connectivity index (χ0) is 18.0. The van der Waals surface area contributed by atoms with Gasteiger partial charge in [0, 0.05) is 12.3 Å². The minimum atomic E-state index is -1.34. The number of hydrogen-bond donors (Lipinski definition) is 4. The number of carbonyl (C=O) groups is 1. The van der Waals surface area contributed by atoms with E-state index in [1.165, 1.54) is 6.92 Å². The Balaban J connectivity index is 1.92. The summed E-state index contributed by atoms with van der Waals surface area (Å²) in [5, 5.41) is 34.1. The molecule has 1 aliphatic heterocycles. The molecular weight excluding hydrogens is 326 g/mol. The molecule has 5 atom stereocenters. The number of benzene rings is 2. The van der Waals surface area contributed by atoms with Crippen LogP contribution in [-0.4, -0.2) is 58.5 Å². The quantitative estimate of drug-likeness (QED) is 0.628. The molecule has 1 fully saturated rings. The summed E-state index contributed by atoms with van der Waals surface area (Å²) < 4.78 is 11.5. The second-order valence-electron chi connectivity index (χ2n) is 6.03. The predicted octanol–water partition coefficient (Wildman–Crippen LogP) is 0.162. The van der Waals surface area contributed by atoms with Crippen molar-refractivity contribution in [3.63, 3.8) is 0 Å². The van der Waals surface area contributed by atoms with Crippen LogP contribution in [0.15, 0.2) is 42.5 Å². The Morgan fingerprint density at radius 2 is 1.88 bits per heavy atom. The first kappa shape index (κ1) is 17.6. The number of hydrogen-bond acceptors (Lipinski definition) is 6. The van der Waals surface area contributed by atoms with E-state index in [2.05, 4.69) is 5.32 Å². The first-order valence-electron chi connectivity index (χ1n) is 8.05. The highest BCUT2D eigenvalue weighted by molar-refractivity contribution is 5.88. The molecule has 0 unspecified atom stereocenters. The number of carbonyl (C=O) groups excluding carboxylic acids is 1. The van der Waals surface area contributed by atoms with E-state index in [0.29, 0.717) is 5.75 Å². The Labute approximate surface area is 144 Å². The summed E-state index contributed by atoms with van der Waals surface area (Å²) in [5.41, 5.74) is 0. The second-order valence-corrected chi connectivity index (χ2v) is 6.03. The molecule has 1 saturated heterocycles. The topological polar surface area (TPSA) is 108 Å². The van der Waals surface area contributed by atoms with Crippen molar-refractivity contribution >= 4 is 16.7 Å². The molecule has 0 aromatic heterocycles. The van der Waals surface area contributed by atoms with Crippen LogP contribution in [0.1, 0.15) is 6.92 Å². The van der Waals surface area contributed by atoms with Gasteiger partial charge in [-0.1, -0.05) is 36.4 Å². The van der Waals surface area contributed by atoms with Crippen LogP contribution in [-0.2, 0) is 9.53 Å². The van der Waals surface area contributed by atoms with Crippen molar-refractivity contribution < 1.29 is 29.6 Å². The maximum atomic E-state index is 11.5. The molecule has 7 heteroatoms. The number of ether oxygens (including phenoxy) is 2. The molecule has 0 radical (unpaired) electrons. The van der Waals surface area contributed by atoms with E-state index in [1.807, 2.05) is 36.4 Å². The Morgan fingerprint density at radius 3 is 2.60 bits per heavy atom. The average Bonchev–Trinajstić information content (AvgIpc) is 2.61. The van der Waals surface area contributed by atoms with Crippen molar-refractivity contribution in [2.24, 2.45) is 0 Å². The molecule has 25 heavy (non-hydrogen) atoms. The van der Waals surface area contributed by atoms with E-state index in [1.54, 1.807) is 6.07 Å². The summed E-state index contributed by atoms with van der Waals surface area (Å²) >= 11 is 0. The van der Waals surface area contributed by atoms with E-state index in [0.717, 1.165) is 10.8 Å². The largest absolute Gasteiger partial charge is 0.462 e. The van der Waals surface area contributed by atoms with E-state index < -0.39 is 43.2 Å². The van der Waals surface area contributed by atoms with Gasteiger partial charge in [-0.05, 0) is 11.5 Å². The first-order valence-corrected chi connectivity index (χ1v) is 8.05. The summed E-state index contributed by atoms with van der Waals surface area (Å²) in [5.74, 6) is 0.118. The van der Waals surface area contributed by atoms with Gasteiger partial charge in [-0.25, -0.2) is 0 Å². The molecule has 0 saturated carbocycles. The first-order chi connectivity index (χ1) is 12.0. The van der Waals surface area contributed by atoms with Crippen LogP contribution in [0.25, 0.3) is 10.8 Å². The molecule has 1 aliphatic rings. The standard InChI is InChI=1S/C18H21NO6/c1-10(21)19-15-17(23)16(22)14(9-20)25-18(15)24-13-8-4-6-11-5-2-3-7-12(11)13/h2-8,14-18,20,22-23H,9H2,1H3,(H,19,21)/t14-,15+,16+,17+,18-/m1/s1. The van der Waals surface area contributed by atoms with Gasteiger partial charge in [0.15, 0.2) is 0 Å². The van der Waals surface area contributed by atoms with Crippen molar-refractivity contribution in [1.29, 1.82) is 0 Å². The van der Waals surface area contributed by atoms with Gasteiger partial charge in [-0.2, -0.15) is 0 Å². The molecule has 0 spiro atoms. The zero-order valence-electron chi connectivity index (χ0n) is 13.7. The fourth-order valence-corrected chi connectivity index (χ4v) is 2.99. The Morgan fingerprint density at radius 1 is 1.16 bits per heavy atom. The van der Waals surface area contributed by atoms with Gasteiger partial charge >= 0.3 is 0 Å². The van der Waals surface area contributed by atoms with Crippen molar-refractivity contribution in [2.45, 2.75) is 37.6 Å². The number of rotatable bonds is 4. The third-order valence-electron chi connectivity index (χ3n) is 4.24. The number of aliphatic hydroxyl groups is 3. The van der Waals surface area contributed by atoms with E-state index >= 15 is 0 Å². The zero-order valence-corrected chi connectivity index (χ0v) is 13.7. The van der Waals surface area contributed by atoms with Crippen LogP contribution in [0, 0.1) is 0 Å². The normalized spacial score (nSPS) is 29.4. The Bertz CT molecular complexity index is 746. The number of fused-ring (bicyclic) bond motifs is 1. The minimum Gasteiger partial charge on any atom is -0.462 e. The molecule has 1 heterocycles. The van der Waals surface area contributed by atoms with Gasteiger partial charge in [0.2, 0.25) is 12.2 Å². The van der Waals surface area contributed by atoms with Crippen molar-refractivity contribution in [1.82, 2.24) is 5.32 Å². The molecule has 2 aromatic carbocycles. The molecule has 4 N–H and O–H groups in total. The van der Waals surface area contributed by atoms with Crippen LogP contribution < -0.4 is 10.1 Å². The molecule has 7 nitrogen and oxygen atoms in total. The van der Waals surface area contributed by atoms with Crippen LogP contribution in [0.4, 0.5) is 0 Å². The number of amides is 1. The molecule has 3 rings (SSSR count). The molecule has 0 aliphatic carbocycles. The van der Waals surface area contributed by atoms with Gasteiger partial charge in [-0.3, -0.25) is 4.79 Å². The third kappa shape index (κ3) is 3.59. The van der Waals surface area contributed by atoms with Crippen molar-refractivity contribution in [3.05, 3.63) is 42.5 Å². The maximum absolute atomic E-state index is 11.5. The van der Waals surface area contributed by atoms with Crippen LogP contribution >= 0.6 is 0 Å². The van der Waals surface area contributed by atoms with Crippen LogP contribution in [0.5, 0.6) is 5.75 Å². The van der Waals surface area contributed by atoms with Gasteiger partial charge in [0.05, 0.1) is 6.61 Å². The lowest BCUT2D eigenvalue weighted by molar-refractivity contribution is -0.244. The molecule has 1 amide bonds. The van der Waals surface area contributed by atoms with E-state index in [-0.39, 0.29) is 0 Å². The summed E-state index contributed by atoms with van der Waals surface area (Å²) in [4.78, 5) is 11.5. The van der Waals surface area contributed by atoms with Crippen LogP contribution in [0.2, 0.25) is 0 Å². The number of nitrogens with one attached hydrogen (secondary N) is 1. The van der Waals surface area contributed by atoms with Gasteiger partial charge in [0.25, 0.3) is 0 Å². The molecule has 0 bridgehead atoms. The highest BCUT2D eigenvalue weighted by Crippen LogP contribution is 2.29. The Hall–Kier alpha value is -2.19. The van der Waals surface area contributed by atoms with Gasteiger partial charge in [-0.15, -0.1) is 0 Å². The fourth-order valence-electron chi connectivity index (χ4n) is 2.99. The van der Waals surface area contributed by atoms with Gasteiger partial charge < -0.3 is 30.1 Å². The summed E-state index contributed by atoms with van der Waals surface area (Å²) in [6.45, 7) is 0.812. The molecule has 134 valence electrons. The Kier molecular flexibility index (Phi) is 5.19. The predicted molar refractivity (Wildman–Crippen MR) is 89.9 cm³/mol. The smallest absolute Gasteiger partial charge is 0.223 e. The SMILES string of the molecule is CC(=O)N[C@@H]1[C@H](Oc2cccc3ccccc23)O[C@H](CO)[C@H](O)[C@H]1O. The summed E-state index contributed by atoms with van der Waals surface area (Å²) in [7, 11) is 0. The second kappa shape index (κ2) is 7.37. The van der Waals surface area contributed by atoms with Crippen LogP contribution in [0.3, 0.4) is 0 Å². The fraction of sp³-hybridized carbons (Fsp3) is 0.389. The van der Waals surface area contributed by atoms with E-state index in [4.69, 9.17) is 9.47 Å². The monoisotopic (exact) mass is 347 g/mol. The maximum Gasteiger partial charge on any atom is 0.223 e. The van der Waals surface area contributed by atoms with Crippen molar-refractivity contribution in [2.75, 3.05) is 6.61 Å². The minimum absolute atomic E-state index is 0.395. The summed E-state index contributed by atoms with van der Waals surface area (Å²) in [6.07, 6.45) is -4.76. The highest BCUT2D eigenvalue weighted by Gasteiger charge is 2.46. The average molecular weight is 347 g/mol. The lowest BCUT2D eigenvalue weighted by Gasteiger charge is -2.42. The van der Waals surface area contributed by atoms with Gasteiger partial charge in [0.1, 0.15) is 30.1 Å². The van der Waals surface area contributed by atoms with Crippen molar-refractivity contribution in [3.8, 4) is 5.75 Å².